The number of hydrogen-bond donors (Lipinski definition) is 1. The van der Waals surface area contributed by atoms with Crippen molar-refractivity contribution in [3.8, 4) is 22.5 Å². The molecule has 4 heteroatoms. The van der Waals surface area contributed by atoms with Crippen molar-refractivity contribution in [2.75, 3.05) is 5.32 Å². The van der Waals surface area contributed by atoms with Gasteiger partial charge in [0.1, 0.15) is 0 Å². The van der Waals surface area contributed by atoms with E-state index in [-0.39, 0.29) is 0 Å². The maximum absolute atomic E-state index is 4.61. The molecule has 0 radical (unpaired) electrons. The van der Waals surface area contributed by atoms with Gasteiger partial charge in [-0.3, -0.25) is 0 Å². The Morgan fingerprint density at radius 2 is 1.29 bits per heavy atom. The molecule has 116 valence electrons. The predicted octanol–water partition coefficient (Wildman–Crippen LogP) is 5.62. The molecular formula is C20H15N3S. The number of nitrogens with one attached hydrogen (secondary N) is 1. The normalized spacial score (nSPS) is 10.5. The van der Waals surface area contributed by atoms with Crippen LogP contribution in [0.3, 0.4) is 0 Å². The quantitative estimate of drug-likeness (QED) is 0.528. The minimum absolute atomic E-state index is 0.750. The molecule has 1 aromatic heterocycles. The Labute approximate surface area is 144 Å². The standard InChI is InChI=1S/C20H15N3S/c1-3-9-15(10-4-1)17-13-7-8-14-18(17)21-20-22-19(23-24-20)16-11-5-2-6-12-16/h1-14H,(H,21,22,23). The lowest BCUT2D eigenvalue weighted by atomic mass is 10.0. The molecule has 1 heterocycles. The number of benzene rings is 3. The highest BCUT2D eigenvalue weighted by Gasteiger charge is 2.09. The van der Waals surface area contributed by atoms with Crippen molar-refractivity contribution in [1.29, 1.82) is 0 Å². The molecule has 0 aliphatic rings. The third kappa shape index (κ3) is 3.05. The lowest BCUT2D eigenvalue weighted by molar-refractivity contribution is 1.32. The Kier molecular flexibility index (Phi) is 4.04. The molecule has 3 aromatic carbocycles. The number of nitrogens with zero attached hydrogens (tertiary/aromatic N) is 2. The molecule has 0 saturated carbocycles. The summed E-state index contributed by atoms with van der Waals surface area (Å²) in [6, 6.07) is 28.6. The SMILES string of the molecule is c1ccc(-c2nsc(Nc3ccccc3-c3ccccc3)n2)cc1. The van der Waals surface area contributed by atoms with Crippen LogP contribution in [0.4, 0.5) is 10.8 Å². The van der Waals surface area contributed by atoms with Crippen LogP contribution in [0.2, 0.25) is 0 Å². The molecule has 0 saturated heterocycles. The first-order valence-corrected chi connectivity index (χ1v) is 8.48. The average molecular weight is 329 g/mol. The fourth-order valence-corrected chi connectivity index (χ4v) is 3.16. The van der Waals surface area contributed by atoms with Crippen molar-refractivity contribution < 1.29 is 0 Å². The van der Waals surface area contributed by atoms with Gasteiger partial charge in [0.25, 0.3) is 0 Å². The van der Waals surface area contributed by atoms with Gasteiger partial charge in [0.05, 0.1) is 0 Å². The molecule has 0 spiro atoms. The van der Waals surface area contributed by atoms with Crippen LogP contribution in [0.1, 0.15) is 0 Å². The molecule has 0 aliphatic heterocycles. The van der Waals surface area contributed by atoms with E-state index < -0.39 is 0 Å². The van der Waals surface area contributed by atoms with Crippen molar-refractivity contribution in [2.24, 2.45) is 0 Å². The Morgan fingerprint density at radius 1 is 0.667 bits per heavy atom. The maximum atomic E-state index is 4.61. The lowest BCUT2D eigenvalue weighted by Gasteiger charge is -2.09. The zero-order valence-electron chi connectivity index (χ0n) is 12.9. The van der Waals surface area contributed by atoms with E-state index in [4.69, 9.17) is 0 Å². The number of anilines is 2. The molecule has 0 aliphatic carbocycles. The van der Waals surface area contributed by atoms with Gasteiger partial charge in [0, 0.05) is 28.3 Å². The molecule has 0 unspecified atom stereocenters. The fourth-order valence-electron chi connectivity index (χ4n) is 2.56. The van der Waals surface area contributed by atoms with Crippen LogP contribution in [0.25, 0.3) is 22.5 Å². The van der Waals surface area contributed by atoms with Crippen molar-refractivity contribution in [1.82, 2.24) is 9.36 Å². The van der Waals surface area contributed by atoms with Crippen LogP contribution in [-0.2, 0) is 0 Å². The number of para-hydroxylation sites is 1. The van der Waals surface area contributed by atoms with Crippen LogP contribution in [0.15, 0.2) is 84.9 Å². The van der Waals surface area contributed by atoms with Gasteiger partial charge >= 0.3 is 0 Å². The Hall–Kier alpha value is -2.98. The molecule has 0 atom stereocenters. The smallest absolute Gasteiger partial charge is 0.207 e. The van der Waals surface area contributed by atoms with Crippen LogP contribution >= 0.6 is 11.5 Å². The molecule has 24 heavy (non-hydrogen) atoms. The summed E-state index contributed by atoms with van der Waals surface area (Å²) < 4.78 is 4.45. The highest BCUT2D eigenvalue weighted by molar-refractivity contribution is 7.10. The third-order valence-electron chi connectivity index (χ3n) is 3.71. The summed E-state index contributed by atoms with van der Waals surface area (Å²) in [7, 11) is 0. The first-order chi connectivity index (χ1) is 11.9. The summed E-state index contributed by atoms with van der Waals surface area (Å²) in [4.78, 5) is 4.61. The van der Waals surface area contributed by atoms with Gasteiger partial charge in [0.15, 0.2) is 5.82 Å². The predicted molar refractivity (Wildman–Crippen MR) is 101 cm³/mol. The molecule has 1 N–H and O–H groups in total. The van der Waals surface area contributed by atoms with E-state index in [1.54, 1.807) is 0 Å². The molecule has 3 nitrogen and oxygen atoms in total. The Balaban J connectivity index is 1.64. The van der Waals surface area contributed by atoms with E-state index in [2.05, 4.69) is 38.9 Å². The summed E-state index contributed by atoms with van der Waals surface area (Å²) in [6.07, 6.45) is 0. The van der Waals surface area contributed by atoms with Crippen LogP contribution in [0, 0.1) is 0 Å². The first kappa shape index (κ1) is 14.6. The second-order valence-electron chi connectivity index (χ2n) is 5.33. The monoisotopic (exact) mass is 329 g/mol. The number of rotatable bonds is 4. The maximum Gasteiger partial charge on any atom is 0.207 e. The minimum Gasteiger partial charge on any atom is -0.330 e. The number of hydrogen-bond acceptors (Lipinski definition) is 4. The van der Waals surface area contributed by atoms with Gasteiger partial charge in [-0.25, -0.2) is 0 Å². The van der Waals surface area contributed by atoms with Gasteiger partial charge < -0.3 is 5.32 Å². The van der Waals surface area contributed by atoms with Crippen LogP contribution < -0.4 is 5.32 Å². The summed E-state index contributed by atoms with van der Waals surface area (Å²) in [5, 5.41) is 4.20. The summed E-state index contributed by atoms with van der Waals surface area (Å²) in [5.74, 6) is 0.750. The van der Waals surface area contributed by atoms with Gasteiger partial charge in [-0.15, -0.1) is 0 Å². The van der Waals surface area contributed by atoms with E-state index in [1.807, 2.05) is 60.7 Å². The van der Waals surface area contributed by atoms with E-state index >= 15 is 0 Å². The van der Waals surface area contributed by atoms with E-state index in [0.717, 1.165) is 27.8 Å². The van der Waals surface area contributed by atoms with E-state index in [9.17, 15) is 0 Å². The summed E-state index contributed by atoms with van der Waals surface area (Å²) in [6.45, 7) is 0. The molecule has 0 amide bonds. The molecule has 0 bridgehead atoms. The molecular weight excluding hydrogens is 314 g/mol. The topological polar surface area (TPSA) is 37.8 Å². The zero-order chi connectivity index (χ0) is 16.2. The lowest BCUT2D eigenvalue weighted by Crippen LogP contribution is -1.92. The van der Waals surface area contributed by atoms with Crippen molar-refractivity contribution in [2.45, 2.75) is 0 Å². The van der Waals surface area contributed by atoms with Gasteiger partial charge in [-0.1, -0.05) is 78.9 Å². The average Bonchev–Trinajstić information content (AvgIpc) is 3.12. The highest BCUT2D eigenvalue weighted by atomic mass is 32.1. The van der Waals surface area contributed by atoms with E-state index in [1.165, 1.54) is 17.1 Å². The van der Waals surface area contributed by atoms with Crippen molar-refractivity contribution in [3.63, 3.8) is 0 Å². The second-order valence-corrected chi connectivity index (χ2v) is 6.08. The third-order valence-corrected chi connectivity index (χ3v) is 4.34. The Bertz CT molecular complexity index is 933. The minimum atomic E-state index is 0.750. The zero-order valence-corrected chi connectivity index (χ0v) is 13.7. The van der Waals surface area contributed by atoms with Gasteiger partial charge in [-0.05, 0) is 11.6 Å². The summed E-state index contributed by atoms with van der Waals surface area (Å²) in [5.41, 5.74) is 4.38. The van der Waals surface area contributed by atoms with Gasteiger partial charge in [-0.2, -0.15) is 9.36 Å². The summed E-state index contributed by atoms with van der Waals surface area (Å²) >= 11 is 1.37. The van der Waals surface area contributed by atoms with Crippen LogP contribution in [0.5, 0.6) is 0 Å². The number of aromatic nitrogens is 2. The van der Waals surface area contributed by atoms with Crippen molar-refractivity contribution >= 4 is 22.4 Å². The molecule has 0 fully saturated rings. The largest absolute Gasteiger partial charge is 0.330 e. The van der Waals surface area contributed by atoms with Gasteiger partial charge in [0.2, 0.25) is 5.13 Å². The van der Waals surface area contributed by atoms with Crippen molar-refractivity contribution in [3.05, 3.63) is 84.9 Å². The molecule has 4 aromatic rings. The first-order valence-electron chi connectivity index (χ1n) is 7.71. The highest BCUT2D eigenvalue weighted by Crippen LogP contribution is 2.31. The second kappa shape index (κ2) is 6.64. The van der Waals surface area contributed by atoms with E-state index in [0.29, 0.717) is 0 Å². The molecule has 4 rings (SSSR count). The fraction of sp³-hybridized carbons (Fsp3) is 0. The Morgan fingerprint density at radius 3 is 2.04 bits per heavy atom. The van der Waals surface area contributed by atoms with Crippen LogP contribution in [-0.4, -0.2) is 9.36 Å².